The zero-order valence-corrected chi connectivity index (χ0v) is 16.8. The van der Waals surface area contributed by atoms with Crippen molar-refractivity contribution < 1.29 is 4.79 Å². The van der Waals surface area contributed by atoms with E-state index in [9.17, 15) is 4.79 Å². The van der Waals surface area contributed by atoms with Gasteiger partial charge in [0.1, 0.15) is 0 Å². The van der Waals surface area contributed by atoms with Gasteiger partial charge in [0.2, 0.25) is 0 Å². The summed E-state index contributed by atoms with van der Waals surface area (Å²) < 4.78 is 1.96. The maximum absolute atomic E-state index is 12.2. The van der Waals surface area contributed by atoms with Crippen LogP contribution >= 0.6 is 0 Å². The number of hydrogen-bond acceptors (Lipinski definition) is 3. The van der Waals surface area contributed by atoms with Crippen molar-refractivity contribution in [1.82, 2.24) is 24.9 Å². The second-order valence-electron chi connectivity index (χ2n) is 8.02. The van der Waals surface area contributed by atoms with Gasteiger partial charge in [-0.2, -0.15) is 5.10 Å². The number of carbonyl (C=O) groups excluding carboxylic acids is 1. The average molecular weight is 370 g/mol. The highest BCUT2D eigenvalue weighted by Gasteiger charge is 2.35. The highest BCUT2D eigenvalue weighted by Crippen LogP contribution is 2.26. The minimum absolute atomic E-state index is 0.00779. The van der Waals surface area contributed by atoms with Gasteiger partial charge in [-0.05, 0) is 29.0 Å². The molecule has 0 saturated carbocycles. The molecule has 6 nitrogen and oxygen atoms in total. The number of aromatic nitrogens is 2. The largest absolute Gasteiger partial charge is 0.334 e. The Kier molecular flexibility index (Phi) is 6.16. The summed E-state index contributed by atoms with van der Waals surface area (Å²) in [5.74, 6) is 0.994. The molecule has 0 radical (unpaired) electrons. The minimum atomic E-state index is -0.00779. The van der Waals surface area contributed by atoms with Gasteiger partial charge >= 0.3 is 6.03 Å². The van der Waals surface area contributed by atoms with Gasteiger partial charge in [0.25, 0.3) is 0 Å². The SMILES string of the molecule is CC(C)[C@H]1CN(Cc2ccccc2Cn2cccn2)C[C@@H]1NC(=O)N(C)C. The fourth-order valence-electron chi connectivity index (χ4n) is 3.83. The number of rotatable bonds is 6. The fourth-order valence-corrected chi connectivity index (χ4v) is 3.83. The zero-order valence-electron chi connectivity index (χ0n) is 16.8. The van der Waals surface area contributed by atoms with Gasteiger partial charge in [0.15, 0.2) is 0 Å². The van der Waals surface area contributed by atoms with Crippen LogP contribution < -0.4 is 5.32 Å². The molecule has 2 aromatic rings. The molecule has 2 atom stereocenters. The van der Waals surface area contributed by atoms with Crippen molar-refractivity contribution in [1.29, 1.82) is 0 Å². The number of carbonyl (C=O) groups is 1. The minimum Gasteiger partial charge on any atom is -0.334 e. The number of likely N-dealkylation sites (tertiary alicyclic amines) is 1. The van der Waals surface area contributed by atoms with E-state index in [2.05, 4.69) is 53.4 Å². The quantitative estimate of drug-likeness (QED) is 0.852. The summed E-state index contributed by atoms with van der Waals surface area (Å²) in [6.45, 7) is 8.06. The molecule has 146 valence electrons. The molecule has 6 heteroatoms. The molecule has 0 bridgehead atoms. The first-order valence-corrected chi connectivity index (χ1v) is 9.68. The predicted molar refractivity (Wildman–Crippen MR) is 107 cm³/mol. The second-order valence-corrected chi connectivity index (χ2v) is 8.02. The van der Waals surface area contributed by atoms with Crippen LogP contribution in [0.1, 0.15) is 25.0 Å². The first-order valence-electron chi connectivity index (χ1n) is 9.68. The number of nitrogens with zero attached hydrogens (tertiary/aromatic N) is 4. The normalized spacial score (nSPS) is 20.2. The van der Waals surface area contributed by atoms with E-state index >= 15 is 0 Å². The molecule has 0 aliphatic carbocycles. The third-order valence-corrected chi connectivity index (χ3v) is 5.42. The number of urea groups is 1. The Morgan fingerprint density at radius 1 is 1.19 bits per heavy atom. The molecule has 1 aromatic carbocycles. The van der Waals surface area contributed by atoms with E-state index in [-0.39, 0.29) is 12.1 Å². The van der Waals surface area contributed by atoms with Crippen molar-refractivity contribution in [3.05, 3.63) is 53.9 Å². The molecular formula is C21H31N5O. The van der Waals surface area contributed by atoms with E-state index in [4.69, 9.17) is 0 Å². The Balaban J connectivity index is 1.70. The molecule has 27 heavy (non-hydrogen) atoms. The van der Waals surface area contributed by atoms with Crippen molar-refractivity contribution in [2.45, 2.75) is 33.0 Å². The van der Waals surface area contributed by atoms with Crippen LogP contribution in [0.15, 0.2) is 42.7 Å². The van der Waals surface area contributed by atoms with E-state index < -0.39 is 0 Å². The summed E-state index contributed by atoms with van der Waals surface area (Å²) in [5.41, 5.74) is 2.62. The summed E-state index contributed by atoms with van der Waals surface area (Å²) in [5, 5.41) is 7.54. The fraction of sp³-hybridized carbons (Fsp3) is 0.524. The van der Waals surface area contributed by atoms with Gasteiger partial charge in [0, 0.05) is 52.2 Å². The van der Waals surface area contributed by atoms with E-state index in [1.807, 2.05) is 23.1 Å². The van der Waals surface area contributed by atoms with E-state index in [1.165, 1.54) is 11.1 Å². The summed E-state index contributed by atoms with van der Waals surface area (Å²) in [6.07, 6.45) is 3.81. The topological polar surface area (TPSA) is 53.4 Å². The van der Waals surface area contributed by atoms with E-state index in [1.54, 1.807) is 19.0 Å². The molecule has 1 saturated heterocycles. The van der Waals surface area contributed by atoms with Crippen LogP contribution in [0.3, 0.4) is 0 Å². The standard InChI is InChI=1S/C21H31N5O/c1-16(2)19-14-25(15-20(19)23-21(27)24(3)4)12-17-8-5-6-9-18(17)13-26-11-7-10-22-26/h5-11,16,19-20H,12-15H2,1-4H3,(H,23,27)/t19-,20+/m1/s1. The van der Waals surface area contributed by atoms with Crippen LogP contribution in [0.2, 0.25) is 0 Å². The molecule has 1 fully saturated rings. The number of hydrogen-bond donors (Lipinski definition) is 1. The van der Waals surface area contributed by atoms with Crippen LogP contribution in [-0.4, -0.2) is 58.8 Å². The van der Waals surface area contributed by atoms with Gasteiger partial charge in [0.05, 0.1) is 6.54 Å². The van der Waals surface area contributed by atoms with Crippen molar-refractivity contribution in [3.63, 3.8) is 0 Å². The monoisotopic (exact) mass is 369 g/mol. The lowest BCUT2D eigenvalue weighted by atomic mass is 9.91. The lowest BCUT2D eigenvalue weighted by Crippen LogP contribution is -2.46. The molecule has 1 aromatic heterocycles. The maximum atomic E-state index is 12.2. The molecular weight excluding hydrogens is 338 g/mol. The van der Waals surface area contributed by atoms with Crippen molar-refractivity contribution in [2.24, 2.45) is 11.8 Å². The molecule has 0 unspecified atom stereocenters. The molecule has 1 aliphatic heterocycles. The van der Waals surface area contributed by atoms with Gasteiger partial charge in [-0.15, -0.1) is 0 Å². The number of benzene rings is 1. The van der Waals surface area contributed by atoms with E-state index in [0.717, 1.165) is 26.2 Å². The maximum Gasteiger partial charge on any atom is 0.317 e. The summed E-state index contributed by atoms with van der Waals surface area (Å²) in [7, 11) is 3.58. The number of amides is 2. The molecule has 0 spiro atoms. The van der Waals surface area contributed by atoms with E-state index in [0.29, 0.717) is 11.8 Å². The van der Waals surface area contributed by atoms with Crippen LogP contribution in [0.4, 0.5) is 4.79 Å². The van der Waals surface area contributed by atoms with Gasteiger partial charge in [-0.3, -0.25) is 9.58 Å². The molecule has 1 N–H and O–H groups in total. The van der Waals surface area contributed by atoms with Crippen LogP contribution in [0.5, 0.6) is 0 Å². The highest BCUT2D eigenvalue weighted by atomic mass is 16.2. The molecule has 2 heterocycles. The predicted octanol–water partition coefficient (Wildman–Crippen LogP) is 2.66. The Labute approximate surface area is 162 Å². The summed E-state index contributed by atoms with van der Waals surface area (Å²) in [4.78, 5) is 16.2. The van der Waals surface area contributed by atoms with Crippen LogP contribution in [0, 0.1) is 11.8 Å². The smallest absolute Gasteiger partial charge is 0.317 e. The molecule has 2 amide bonds. The van der Waals surface area contributed by atoms with Crippen molar-refractivity contribution in [3.8, 4) is 0 Å². The lowest BCUT2D eigenvalue weighted by Gasteiger charge is -2.24. The summed E-state index contributed by atoms with van der Waals surface area (Å²) in [6, 6.07) is 10.7. The third kappa shape index (κ3) is 4.89. The van der Waals surface area contributed by atoms with Crippen LogP contribution in [0.25, 0.3) is 0 Å². The van der Waals surface area contributed by atoms with Crippen molar-refractivity contribution >= 4 is 6.03 Å². The first kappa shape index (κ1) is 19.4. The number of nitrogens with one attached hydrogen (secondary N) is 1. The Bertz CT molecular complexity index is 741. The third-order valence-electron chi connectivity index (χ3n) is 5.42. The van der Waals surface area contributed by atoms with Crippen molar-refractivity contribution in [2.75, 3.05) is 27.2 Å². The van der Waals surface area contributed by atoms with Crippen LogP contribution in [-0.2, 0) is 13.1 Å². The lowest BCUT2D eigenvalue weighted by molar-refractivity contribution is 0.207. The Hall–Kier alpha value is -2.34. The second kappa shape index (κ2) is 8.57. The highest BCUT2D eigenvalue weighted by molar-refractivity contribution is 5.73. The average Bonchev–Trinajstić information content (AvgIpc) is 3.26. The Morgan fingerprint density at radius 3 is 2.48 bits per heavy atom. The molecule has 1 aliphatic rings. The van der Waals surface area contributed by atoms with Gasteiger partial charge in [-0.25, -0.2) is 4.79 Å². The van der Waals surface area contributed by atoms with Gasteiger partial charge in [-0.1, -0.05) is 38.1 Å². The molecule has 3 rings (SSSR count). The zero-order chi connectivity index (χ0) is 19.4. The Morgan fingerprint density at radius 2 is 1.89 bits per heavy atom. The first-order chi connectivity index (χ1) is 12.9. The summed E-state index contributed by atoms with van der Waals surface area (Å²) >= 11 is 0. The van der Waals surface area contributed by atoms with Gasteiger partial charge < -0.3 is 10.2 Å².